The highest BCUT2D eigenvalue weighted by Crippen LogP contribution is 2.29. The van der Waals surface area contributed by atoms with Gasteiger partial charge in [-0.05, 0) is 49.2 Å². The summed E-state index contributed by atoms with van der Waals surface area (Å²) in [6.45, 7) is 5.36. The molecule has 5 heteroatoms. The maximum atomic E-state index is 13.0. The van der Waals surface area contributed by atoms with Gasteiger partial charge in [0.2, 0.25) is 0 Å². The molecular formula is C23H21BrN2OS. The number of benzene rings is 2. The lowest BCUT2D eigenvalue weighted by molar-refractivity contribution is 0.0942. The molecule has 2 aromatic heterocycles. The van der Waals surface area contributed by atoms with E-state index in [0.717, 1.165) is 25.8 Å². The van der Waals surface area contributed by atoms with Crippen LogP contribution >= 0.6 is 27.3 Å². The topological polar surface area (TPSA) is 34.0 Å². The molecule has 0 saturated heterocycles. The molecule has 3 nitrogen and oxygen atoms in total. The van der Waals surface area contributed by atoms with E-state index in [1.54, 1.807) is 11.3 Å². The Bertz CT molecular complexity index is 1140. The molecule has 0 unspecified atom stereocenters. The number of carbonyl (C=O) groups excluding carboxylic acids is 1. The fourth-order valence-electron chi connectivity index (χ4n) is 3.39. The van der Waals surface area contributed by atoms with Crippen LogP contribution in [0.15, 0.2) is 65.1 Å². The molecule has 4 rings (SSSR count). The highest BCUT2D eigenvalue weighted by atomic mass is 79.9. The minimum atomic E-state index is -0.0420. The standard InChI is InChI=1S/C23H21BrN2OS/c1-15-4-3-5-18(10-15)13-25-23(27)21-12-22-20(11-16(2)28-22)26(21)14-17-6-8-19(24)9-7-17/h3-12H,13-14H2,1-2H3,(H,25,27). The highest BCUT2D eigenvalue weighted by Gasteiger charge is 2.17. The van der Waals surface area contributed by atoms with Crippen molar-refractivity contribution < 1.29 is 4.79 Å². The van der Waals surface area contributed by atoms with Crippen LogP contribution in [0.25, 0.3) is 10.2 Å². The third kappa shape index (κ3) is 4.05. The average molecular weight is 453 g/mol. The molecule has 0 aliphatic carbocycles. The van der Waals surface area contributed by atoms with Crippen LogP contribution in [0.2, 0.25) is 0 Å². The van der Waals surface area contributed by atoms with Gasteiger partial charge in [0.15, 0.2) is 0 Å². The van der Waals surface area contributed by atoms with Gasteiger partial charge in [0, 0.05) is 22.4 Å². The number of amides is 1. The van der Waals surface area contributed by atoms with Gasteiger partial charge >= 0.3 is 0 Å². The first-order chi connectivity index (χ1) is 13.5. The maximum Gasteiger partial charge on any atom is 0.268 e. The van der Waals surface area contributed by atoms with Crippen LogP contribution in [0.3, 0.4) is 0 Å². The Kier molecular flexibility index (Phi) is 5.38. The average Bonchev–Trinajstić information content (AvgIpc) is 3.19. The third-order valence-electron chi connectivity index (χ3n) is 4.73. The Labute approximate surface area is 177 Å². The summed E-state index contributed by atoms with van der Waals surface area (Å²) < 4.78 is 4.32. The second kappa shape index (κ2) is 7.94. The minimum Gasteiger partial charge on any atom is -0.347 e. The minimum absolute atomic E-state index is 0.0420. The van der Waals surface area contributed by atoms with Crippen LogP contribution in [-0.2, 0) is 13.1 Å². The Morgan fingerprint density at radius 1 is 1.04 bits per heavy atom. The molecule has 1 amide bonds. The lowest BCUT2D eigenvalue weighted by atomic mass is 10.1. The van der Waals surface area contributed by atoms with E-state index in [-0.39, 0.29) is 5.91 Å². The van der Waals surface area contributed by atoms with Crippen molar-refractivity contribution in [2.75, 3.05) is 0 Å². The van der Waals surface area contributed by atoms with E-state index in [0.29, 0.717) is 18.8 Å². The lowest BCUT2D eigenvalue weighted by Gasteiger charge is -2.12. The van der Waals surface area contributed by atoms with Gasteiger partial charge in [-0.25, -0.2) is 0 Å². The number of nitrogens with one attached hydrogen (secondary N) is 1. The Hall–Kier alpha value is -2.37. The molecule has 142 valence electrons. The predicted molar refractivity (Wildman–Crippen MR) is 120 cm³/mol. The summed E-state index contributed by atoms with van der Waals surface area (Å²) >= 11 is 5.21. The number of rotatable bonds is 5. The normalized spacial score (nSPS) is 11.1. The molecule has 0 saturated carbocycles. The van der Waals surface area contributed by atoms with E-state index in [2.05, 4.69) is 70.0 Å². The highest BCUT2D eigenvalue weighted by molar-refractivity contribution is 9.10. The number of aromatic nitrogens is 1. The predicted octanol–water partition coefficient (Wildman–Crippen LogP) is 6.06. The molecule has 0 fully saturated rings. The van der Waals surface area contributed by atoms with Crippen LogP contribution in [0.4, 0.5) is 0 Å². The van der Waals surface area contributed by atoms with Crippen molar-refractivity contribution in [1.29, 1.82) is 0 Å². The maximum absolute atomic E-state index is 13.0. The Morgan fingerprint density at radius 3 is 2.57 bits per heavy atom. The Balaban J connectivity index is 1.62. The van der Waals surface area contributed by atoms with Crippen molar-refractivity contribution in [1.82, 2.24) is 9.88 Å². The Morgan fingerprint density at radius 2 is 1.82 bits per heavy atom. The van der Waals surface area contributed by atoms with Crippen molar-refractivity contribution in [3.8, 4) is 0 Å². The van der Waals surface area contributed by atoms with Crippen LogP contribution in [0.1, 0.15) is 32.1 Å². The van der Waals surface area contributed by atoms with E-state index in [4.69, 9.17) is 0 Å². The summed E-state index contributed by atoms with van der Waals surface area (Å²) in [7, 11) is 0. The summed E-state index contributed by atoms with van der Waals surface area (Å²) in [4.78, 5) is 14.2. The molecule has 0 spiro atoms. The van der Waals surface area contributed by atoms with Gasteiger partial charge in [-0.3, -0.25) is 4.79 Å². The second-order valence-electron chi connectivity index (χ2n) is 7.02. The number of fused-ring (bicyclic) bond motifs is 1. The van der Waals surface area contributed by atoms with Crippen LogP contribution < -0.4 is 5.32 Å². The van der Waals surface area contributed by atoms with Gasteiger partial charge in [0.05, 0.1) is 10.2 Å². The number of nitrogens with zero attached hydrogens (tertiary/aromatic N) is 1. The van der Waals surface area contributed by atoms with Crippen molar-refractivity contribution >= 4 is 43.4 Å². The first-order valence-corrected chi connectivity index (χ1v) is 10.8. The number of carbonyl (C=O) groups is 1. The third-order valence-corrected chi connectivity index (χ3v) is 6.25. The van der Waals surface area contributed by atoms with Gasteiger partial charge in [0.25, 0.3) is 5.91 Å². The summed E-state index contributed by atoms with van der Waals surface area (Å²) in [6.07, 6.45) is 0. The quantitative estimate of drug-likeness (QED) is 0.392. The van der Waals surface area contributed by atoms with Gasteiger partial charge in [-0.15, -0.1) is 11.3 Å². The fraction of sp³-hybridized carbons (Fsp3) is 0.174. The van der Waals surface area contributed by atoms with Gasteiger partial charge in [-0.1, -0.05) is 57.9 Å². The molecular weight excluding hydrogens is 432 g/mol. The van der Waals surface area contributed by atoms with E-state index in [9.17, 15) is 4.79 Å². The molecule has 1 N–H and O–H groups in total. The summed E-state index contributed by atoms with van der Waals surface area (Å²) in [5.74, 6) is -0.0420. The summed E-state index contributed by atoms with van der Waals surface area (Å²) in [5, 5.41) is 3.08. The van der Waals surface area contributed by atoms with E-state index in [1.807, 2.05) is 30.3 Å². The zero-order valence-corrected chi connectivity index (χ0v) is 18.2. The van der Waals surface area contributed by atoms with Crippen molar-refractivity contribution in [2.24, 2.45) is 0 Å². The monoisotopic (exact) mass is 452 g/mol. The summed E-state index contributed by atoms with van der Waals surface area (Å²) in [6, 6.07) is 20.6. The zero-order valence-electron chi connectivity index (χ0n) is 15.8. The number of halogens is 1. The molecule has 0 aliphatic heterocycles. The second-order valence-corrected chi connectivity index (χ2v) is 9.22. The smallest absolute Gasteiger partial charge is 0.268 e. The molecule has 0 bridgehead atoms. The van der Waals surface area contributed by atoms with Crippen molar-refractivity contribution in [3.05, 3.63) is 92.4 Å². The zero-order chi connectivity index (χ0) is 19.7. The molecule has 0 atom stereocenters. The number of hydrogen-bond acceptors (Lipinski definition) is 2. The van der Waals surface area contributed by atoms with Gasteiger partial charge in [-0.2, -0.15) is 0 Å². The number of aryl methyl sites for hydroxylation is 2. The van der Waals surface area contributed by atoms with E-state index >= 15 is 0 Å². The summed E-state index contributed by atoms with van der Waals surface area (Å²) in [5.41, 5.74) is 5.29. The van der Waals surface area contributed by atoms with Crippen LogP contribution in [-0.4, -0.2) is 10.5 Å². The van der Waals surface area contributed by atoms with Crippen LogP contribution in [0.5, 0.6) is 0 Å². The number of hydrogen-bond donors (Lipinski definition) is 1. The van der Waals surface area contributed by atoms with E-state index < -0.39 is 0 Å². The van der Waals surface area contributed by atoms with Gasteiger partial charge in [0.1, 0.15) is 5.69 Å². The molecule has 2 heterocycles. The van der Waals surface area contributed by atoms with E-state index in [1.165, 1.54) is 10.4 Å². The lowest BCUT2D eigenvalue weighted by Crippen LogP contribution is -2.25. The van der Waals surface area contributed by atoms with Crippen molar-refractivity contribution in [2.45, 2.75) is 26.9 Å². The molecule has 2 aromatic carbocycles. The molecule has 0 aliphatic rings. The SMILES string of the molecule is Cc1cccc(CNC(=O)c2cc3sc(C)cc3n2Cc2ccc(Br)cc2)c1. The van der Waals surface area contributed by atoms with Gasteiger partial charge < -0.3 is 9.88 Å². The molecule has 4 aromatic rings. The first-order valence-electron chi connectivity index (χ1n) is 9.17. The molecule has 28 heavy (non-hydrogen) atoms. The van der Waals surface area contributed by atoms with Crippen LogP contribution in [0, 0.1) is 13.8 Å². The largest absolute Gasteiger partial charge is 0.347 e. The van der Waals surface area contributed by atoms with Crippen molar-refractivity contribution in [3.63, 3.8) is 0 Å². The fourth-order valence-corrected chi connectivity index (χ4v) is 4.62. The first kappa shape index (κ1) is 19.0. The molecule has 0 radical (unpaired) electrons. The number of thiophene rings is 1.